The van der Waals surface area contributed by atoms with Crippen LogP contribution in [-0.4, -0.2) is 24.7 Å². The first kappa shape index (κ1) is 14.0. The van der Waals surface area contributed by atoms with Crippen molar-refractivity contribution < 1.29 is 18.3 Å². The molecule has 0 fully saturated rings. The number of benzene rings is 1. The lowest BCUT2D eigenvalue weighted by Gasteiger charge is -2.12. The predicted octanol–water partition coefficient (Wildman–Crippen LogP) is 2.30. The number of nitrogens with one attached hydrogen (secondary N) is 1. The van der Waals surface area contributed by atoms with Crippen molar-refractivity contribution in [1.82, 2.24) is 0 Å². The molecule has 0 unspecified atom stereocenters. The van der Waals surface area contributed by atoms with E-state index in [-0.39, 0.29) is 11.3 Å². The van der Waals surface area contributed by atoms with E-state index in [0.717, 1.165) is 0 Å². The van der Waals surface area contributed by atoms with Gasteiger partial charge in [0.15, 0.2) is 0 Å². The largest absolute Gasteiger partial charge is 0.478 e. The summed E-state index contributed by atoms with van der Waals surface area (Å²) in [6.45, 7) is 3.03. The van der Waals surface area contributed by atoms with E-state index in [1.165, 1.54) is 26.0 Å². The number of carboxylic acids is 1. The fourth-order valence-electron chi connectivity index (χ4n) is 1.05. The first-order valence-electron chi connectivity index (χ1n) is 4.78. The SMILES string of the molecule is CC(C)S(=O)(=O)Nc1ccc(Br)cc1C(=O)O. The van der Waals surface area contributed by atoms with E-state index in [1.54, 1.807) is 6.07 Å². The van der Waals surface area contributed by atoms with Crippen molar-refractivity contribution in [2.24, 2.45) is 0 Å². The molecule has 0 aliphatic carbocycles. The third kappa shape index (κ3) is 3.44. The quantitative estimate of drug-likeness (QED) is 0.891. The Morgan fingerprint density at radius 3 is 2.47 bits per heavy atom. The maximum Gasteiger partial charge on any atom is 0.337 e. The summed E-state index contributed by atoms with van der Waals surface area (Å²) in [5.74, 6) is -1.19. The number of rotatable bonds is 4. The van der Waals surface area contributed by atoms with Crippen molar-refractivity contribution >= 4 is 37.6 Å². The summed E-state index contributed by atoms with van der Waals surface area (Å²) in [6.07, 6.45) is 0. The summed E-state index contributed by atoms with van der Waals surface area (Å²) in [6, 6.07) is 4.33. The first-order valence-corrected chi connectivity index (χ1v) is 7.12. The normalized spacial score (nSPS) is 11.5. The van der Waals surface area contributed by atoms with Crippen LogP contribution >= 0.6 is 15.9 Å². The van der Waals surface area contributed by atoms with Gasteiger partial charge in [-0.3, -0.25) is 4.72 Å². The van der Waals surface area contributed by atoms with Crippen LogP contribution in [0, 0.1) is 0 Å². The van der Waals surface area contributed by atoms with Crippen molar-refractivity contribution in [2.75, 3.05) is 4.72 Å². The molecule has 0 saturated carbocycles. The molecule has 0 heterocycles. The monoisotopic (exact) mass is 321 g/mol. The number of sulfonamides is 1. The third-order valence-corrected chi connectivity index (χ3v) is 4.32. The van der Waals surface area contributed by atoms with Crippen molar-refractivity contribution in [3.63, 3.8) is 0 Å². The summed E-state index contributed by atoms with van der Waals surface area (Å²) in [4.78, 5) is 11.0. The summed E-state index contributed by atoms with van der Waals surface area (Å²) in [7, 11) is -3.55. The highest BCUT2D eigenvalue weighted by Gasteiger charge is 2.19. The number of hydrogen-bond acceptors (Lipinski definition) is 3. The van der Waals surface area contributed by atoms with E-state index in [0.29, 0.717) is 4.47 Å². The first-order chi connectivity index (χ1) is 7.74. The van der Waals surface area contributed by atoms with Gasteiger partial charge in [0.25, 0.3) is 0 Å². The number of hydrogen-bond donors (Lipinski definition) is 2. The standard InChI is InChI=1S/C10H12BrNO4S/c1-6(2)17(15,16)12-9-4-3-7(11)5-8(9)10(13)14/h3-6,12H,1-2H3,(H,13,14). The highest BCUT2D eigenvalue weighted by Crippen LogP contribution is 2.22. The lowest BCUT2D eigenvalue weighted by atomic mass is 10.2. The Kier molecular flexibility index (Phi) is 4.16. The van der Waals surface area contributed by atoms with Gasteiger partial charge in [-0.25, -0.2) is 13.2 Å². The Hall–Kier alpha value is -1.08. The maximum absolute atomic E-state index is 11.6. The lowest BCUT2D eigenvalue weighted by Crippen LogP contribution is -2.23. The van der Waals surface area contributed by atoms with E-state index in [9.17, 15) is 13.2 Å². The van der Waals surface area contributed by atoms with E-state index in [2.05, 4.69) is 20.7 Å². The summed E-state index contributed by atoms with van der Waals surface area (Å²) in [5.41, 5.74) is -0.0296. The van der Waals surface area contributed by atoms with Gasteiger partial charge in [0.2, 0.25) is 10.0 Å². The smallest absolute Gasteiger partial charge is 0.337 e. The Morgan fingerprint density at radius 2 is 2.00 bits per heavy atom. The highest BCUT2D eigenvalue weighted by molar-refractivity contribution is 9.10. The number of carboxylic acid groups (broad SMARTS) is 1. The summed E-state index contributed by atoms with van der Waals surface area (Å²) < 4.78 is 26.1. The fourth-order valence-corrected chi connectivity index (χ4v) is 2.13. The molecule has 94 valence electrons. The Morgan fingerprint density at radius 1 is 1.41 bits per heavy atom. The van der Waals surface area contributed by atoms with Gasteiger partial charge in [0, 0.05) is 4.47 Å². The maximum atomic E-state index is 11.6. The van der Waals surface area contributed by atoms with Gasteiger partial charge in [-0.1, -0.05) is 15.9 Å². The number of carbonyl (C=O) groups is 1. The molecule has 0 aromatic heterocycles. The number of aromatic carboxylic acids is 1. The van der Waals surface area contributed by atoms with Crippen LogP contribution in [0.4, 0.5) is 5.69 Å². The second-order valence-electron chi connectivity index (χ2n) is 3.69. The molecule has 1 aromatic carbocycles. The molecular formula is C10H12BrNO4S. The molecule has 0 spiro atoms. The van der Waals surface area contributed by atoms with Crippen LogP contribution in [0.25, 0.3) is 0 Å². The summed E-state index contributed by atoms with van der Waals surface area (Å²) in [5, 5.41) is 8.34. The Bertz CT molecular complexity index is 539. The predicted molar refractivity (Wildman–Crippen MR) is 68.8 cm³/mol. The summed E-state index contributed by atoms with van der Waals surface area (Å²) >= 11 is 3.13. The van der Waals surface area contributed by atoms with Crippen LogP contribution in [0.2, 0.25) is 0 Å². The second-order valence-corrected chi connectivity index (χ2v) is 6.84. The molecule has 7 heteroatoms. The molecule has 17 heavy (non-hydrogen) atoms. The van der Waals surface area contributed by atoms with Gasteiger partial charge in [-0.05, 0) is 32.0 Å². The van der Waals surface area contributed by atoms with Crippen LogP contribution < -0.4 is 4.72 Å². The molecule has 0 aliphatic heterocycles. The van der Waals surface area contributed by atoms with E-state index in [4.69, 9.17) is 5.11 Å². The highest BCUT2D eigenvalue weighted by atomic mass is 79.9. The topological polar surface area (TPSA) is 83.5 Å². The van der Waals surface area contributed by atoms with Gasteiger partial charge in [-0.2, -0.15) is 0 Å². The second kappa shape index (κ2) is 5.05. The molecule has 0 saturated heterocycles. The van der Waals surface area contributed by atoms with Crippen LogP contribution in [-0.2, 0) is 10.0 Å². The van der Waals surface area contributed by atoms with Gasteiger partial charge in [0.05, 0.1) is 16.5 Å². The number of anilines is 1. The van der Waals surface area contributed by atoms with E-state index >= 15 is 0 Å². The Balaban J connectivity index is 3.20. The van der Waals surface area contributed by atoms with Crippen LogP contribution in [0.15, 0.2) is 22.7 Å². The molecule has 0 radical (unpaired) electrons. The van der Waals surface area contributed by atoms with Crippen LogP contribution in [0.1, 0.15) is 24.2 Å². The van der Waals surface area contributed by atoms with Gasteiger partial charge >= 0.3 is 5.97 Å². The van der Waals surface area contributed by atoms with Crippen molar-refractivity contribution in [1.29, 1.82) is 0 Å². The zero-order valence-corrected chi connectivity index (χ0v) is 11.7. The van der Waals surface area contributed by atoms with Crippen molar-refractivity contribution in [3.8, 4) is 0 Å². The van der Waals surface area contributed by atoms with Crippen molar-refractivity contribution in [2.45, 2.75) is 19.1 Å². The minimum Gasteiger partial charge on any atom is -0.478 e. The molecule has 5 nitrogen and oxygen atoms in total. The molecule has 1 aromatic rings. The zero-order chi connectivity index (χ0) is 13.2. The molecule has 2 N–H and O–H groups in total. The van der Waals surface area contributed by atoms with E-state index in [1.807, 2.05) is 0 Å². The molecular weight excluding hydrogens is 310 g/mol. The molecule has 0 aliphatic rings. The van der Waals surface area contributed by atoms with Gasteiger partial charge in [-0.15, -0.1) is 0 Å². The minimum absolute atomic E-state index is 0.0643. The lowest BCUT2D eigenvalue weighted by molar-refractivity contribution is 0.0698. The van der Waals surface area contributed by atoms with E-state index < -0.39 is 21.2 Å². The fraction of sp³-hybridized carbons (Fsp3) is 0.300. The van der Waals surface area contributed by atoms with Crippen molar-refractivity contribution in [3.05, 3.63) is 28.2 Å². The molecule has 0 amide bonds. The zero-order valence-electron chi connectivity index (χ0n) is 9.27. The van der Waals surface area contributed by atoms with Gasteiger partial charge < -0.3 is 5.11 Å². The average Bonchev–Trinajstić information content (AvgIpc) is 2.19. The van der Waals surface area contributed by atoms with Crippen LogP contribution in [0.3, 0.4) is 0 Å². The Labute approximate surface area is 108 Å². The third-order valence-electron chi connectivity index (χ3n) is 2.08. The average molecular weight is 322 g/mol. The number of halogens is 1. The molecule has 1 rings (SSSR count). The molecule has 0 atom stereocenters. The van der Waals surface area contributed by atoms with Gasteiger partial charge in [0.1, 0.15) is 0 Å². The molecule has 0 bridgehead atoms. The minimum atomic E-state index is -3.55. The van der Waals surface area contributed by atoms with Crippen LogP contribution in [0.5, 0.6) is 0 Å².